The highest BCUT2D eigenvalue weighted by molar-refractivity contribution is 5.48. The predicted octanol–water partition coefficient (Wildman–Crippen LogP) is 4.14. The highest BCUT2D eigenvalue weighted by atomic mass is 19.3. The number of aryl methyl sites for hydroxylation is 3. The van der Waals surface area contributed by atoms with Gasteiger partial charge in [-0.1, -0.05) is 0 Å². The van der Waals surface area contributed by atoms with Crippen LogP contribution in [0.5, 0.6) is 5.75 Å². The van der Waals surface area contributed by atoms with Crippen LogP contribution in [0.4, 0.5) is 14.6 Å². The Kier molecular flexibility index (Phi) is 5.40. The van der Waals surface area contributed by atoms with E-state index in [4.69, 9.17) is 9.15 Å². The number of nitrogens with one attached hydrogen (secondary N) is 1. The molecule has 1 aliphatic rings. The van der Waals surface area contributed by atoms with E-state index in [0.717, 1.165) is 11.4 Å². The van der Waals surface area contributed by atoms with Crippen molar-refractivity contribution in [2.75, 3.05) is 5.32 Å². The second kappa shape index (κ2) is 8.00. The number of aromatic nitrogens is 5. The van der Waals surface area contributed by atoms with E-state index in [-0.39, 0.29) is 25.5 Å². The third-order valence-electron chi connectivity index (χ3n) is 5.01. The summed E-state index contributed by atoms with van der Waals surface area (Å²) in [5, 5.41) is 15.5. The van der Waals surface area contributed by atoms with Crippen molar-refractivity contribution in [1.82, 2.24) is 25.0 Å². The van der Waals surface area contributed by atoms with Gasteiger partial charge in [-0.05, 0) is 32.8 Å². The number of anilines is 1. The highest BCUT2D eigenvalue weighted by Crippen LogP contribution is 2.34. The van der Waals surface area contributed by atoms with E-state index in [2.05, 4.69) is 25.6 Å². The second-order valence-electron chi connectivity index (χ2n) is 7.66. The molecule has 0 atom stereocenters. The molecule has 1 aliphatic carbocycles. The minimum Gasteiger partial charge on any atom is -0.484 e. The van der Waals surface area contributed by atoms with Crippen LogP contribution in [0, 0.1) is 20.8 Å². The summed E-state index contributed by atoms with van der Waals surface area (Å²) in [6.07, 6.45) is 0.524. The first-order valence-electron chi connectivity index (χ1n) is 9.89. The molecule has 3 aromatic heterocycles. The van der Waals surface area contributed by atoms with Gasteiger partial charge in [0.2, 0.25) is 11.8 Å². The van der Waals surface area contributed by atoms with Gasteiger partial charge in [0.25, 0.3) is 5.89 Å². The van der Waals surface area contributed by atoms with Crippen LogP contribution < -0.4 is 10.1 Å². The molecule has 0 saturated heterocycles. The van der Waals surface area contributed by atoms with Crippen molar-refractivity contribution in [3.05, 3.63) is 41.4 Å². The van der Waals surface area contributed by atoms with Crippen molar-refractivity contribution in [2.45, 2.75) is 65.0 Å². The molecule has 0 aromatic carbocycles. The summed E-state index contributed by atoms with van der Waals surface area (Å²) < 4.78 is 39.9. The maximum Gasteiger partial charge on any atom is 0.253 e. The molecule has 8 nitrogen and oxygen atoms in total. The summed E-state index contributed by atoms with van der Waals surface area (Å²) in [5.41, 5.74) is 1.79. The van der Waals surface area contributed by atoms with Gasteiger partial charge in [-0.25, -0.2) is 18.4 Å². The van der Waals surface area contributed by atoms with Gasteiger partial charge < -0.3 is 14.5 Å². The molecule has 0 radical (unpaired) electrons. The molecule has 0 unspecified atom stereocenters. The number of hydrogen-bond donors (Lipinski definition) is 1. The van der Waals surface area contributed by atoms with Crippen molar-refractivity contribution >= 4 is 5.82 Å². The lowest BCUT2D eigenvalue weighted by Gasteiger charge is -2.29. The number of halogens is 2. The molecule has 1 saturated carbocycles. The first-order chi connectivity index (χ1) is 14.3. The van der Waals surface area contributed by atoms with Crippen LogP contribution in [0.1, 0.15) is 48.9 Å². The summed E-state index contributed by atoms with van der Waals surface area (Å²) in [6.45, 7) is 5.66. The number of pyridine rings is 1. The maximum absolute atomic E-state index is 13.5. The molecule has 0 amide bonds. The standard InChI is InChI=1S/C20H24F2N6O2/c1-12-8-13(2)28(27-12)18-10-16(29-11-19-26-25-14(3)30-19)9-17(24-18)23-15-4-6-20(21,22)7-5-15/h8-10,15H,4-7,11H2,1-3H3,(H,23,24). The average molecular weight is 418 g/mol. The molecule has 0 aliphatic heterocycles. The van der Waals surface area contributed by atoms with Gasteiger partial charge in [0.1, 0.15) is 11.6 Å². The van der Waals surface area contributed by atoms with Crippen LogP contribution in [-0.2, 0) is 6.61 Å². The van der Waals surface area contributed by atoms with E-state index in [9.17, 15) is 8.78 Å². The monoisotopic (exact) mass is 418 g/mol. The van der Waals surface area contributed by atoms with E-state index in [0.29, 0.717) is 42.0 Å². The largest absolute Gasteiger partial charge is 0.484 e. The van der Waals surface area contributed by atoms with Gasteiger partial charge in [0.15, 0.2) is 12.4 Å². The average Bonchev–Trinajstić information content (AvgIpc) is 3.26. The fraction of sp³-hybridized carbons (Fsp3) is 0.500. The Morgan fingerprint density at radius 1 is 1.17 bits per heavy atom. The Labute approximate surface area is 172 Å². The number of rotatable bonds is 6. The van der Waals surface area contributed by atoms with Crippen LogP contribution in [0.2, 0.25) is 0 Å². The summed E-state index contributed by atoms with van der Waals surface area (Å²) in [6, 6.07) is 5.39. The van der Waals surface area contributed by atoms with Gasteiger partial charge in [0, 0.05) is 43.6 Å². The Balaban J connectivity index is 1.58. The number of ether oxygens (including phenoxy) is 1. The molecular weight excluding hydrogens is 394 g/mol. The Hall–Kier alpha value is -3.04. The van der Waals surface area contributed by atoms with E-state index in [1.807, 2.05) is 19.9 Å². The molecule has 3 heterocycles. The molecule has 160 valence electrons. The Morgan fingerprint density at radius 2 is 1.93 bits per heavy atom. The molecule has 3 aromatic rings. The minimum absolute atomic E-state index is 0.0701. The smallest absolute Gasteiger partial charge is 0.253 e. The summed E-state index contributed by atoms with van der Waals surface area (Å²) in [7, 11) is 0. The first kappa shape index (κ1) is 20.2. The zero-order valence-electron chi connectivity index (χ0n) is 17.2. The third kappa shape index (κ3) is 4.74. The molecule has 1 fully saturated rings. The van der Waals surface area contributed by atoms with Crippen LogP contribution in [0.15, 0.2) is 22.6 Å². The Bertz CT molecular complexity index is 1020. The molecule has 0 spiro atoms. The van der Waals surface area contributed by atoms with E-state index >= 15 is 0 Å². The lowest BCUT2D eigenvalue weighted by atomic mass is 9.92. The normalized spacial score (nSPS) is 16.6. The predicted molar refractivity (Wildman–Crippen MR) is 105 cm³/mol. The van der Waals surface area contributed by atoms with Crippen molar-refractivity contribution in [1.29, 1.82) is 0 Å². The quantitative estimate of drug-likeness (QED) is 0.643. The van der Waals surface area contributed by atoms with Crippen molar-refractivity contribution in [3.8, 4) is 11.6 Å². The molecule has 10 heteroatoms. The summed E-state index contributed by atoms with van der Waals surface area (Å²) in [4.78, 5) is 4.64. The fourth-order valence-electron chi connectivity index (χ4n) is 3.55. The number of hydrogen-bond acceptors (Lipinski definition) is 7. The molecule has 1 N–H and O–H groups in total. The van der Waals surface area contributed by atoms with Crippen LogP contribution >= 0.6 is 0 Å². The van der Waals surface area contributed by atoms with Crippen molar-refractivity contribution in [2.24, 2.45) is 0 Å². The third-order valence-corrected chi connectivity index (χ3v) is 5.01. The molecular formula is C20H24F2N6O2. The Morgan fingerprint density at radius 3 is 2.57 bits per heavy atom. The van der Waals surface area contributed by atoms with Crippen LogP contribution in [0.3, 0.4) is 0 Å². The zero-order valence-corrected chi connectivity index (χ0v) is 17.2. The molecule has 4 rings (SSSR count). The molecule has 30 heavy (non-hydrogen) atoms. The second-order valence-corrected chi connectivity index (χ2v) is 7.66. The lowest BCUT2D eigenvalue weighted by molar-refractivity contribution is -0.0361. The van der Waals surface area contributed by atoms with Crippen LogP contribution in [0.25, 0.3) is 5.82 Å². The zero-order chi connectivity index (χ0) is 21.3. The topological polar surface area (TPSA) is 90.9 Å². The van der Waals surface area contributed by atoms with Gasteiger partial charge in [-0.2, -0.15) is 5.10 Å². The van der Waals surface area contributed by atoms with E-state index < -0.39 is 5.92 Å². The van der Waals surface area contributed by atoms with Gasteiger partial charge >= 0.3 is 0 Å². The number of nitrogens with zero attached hydrogens (tertiary/aromatic N) is 5. The van der Waals surface area contributed by atoms with E-state index in [1.165, 1.54) is 0 Å². The lowest BCUT2D eigenvalue weighted by Crippen LogP contribution is -2.32. The van der Waals surface area contributed by atoms with Crippen molar-refractivity contribution in [3.63, 3.8) is 0 Å². The van der Waals surface area contributed by atoms with Gasteiger partial charge in [-0.3, -0.25) is 0 Å². The highest BCUT2D eigenvalue weighted by Gasteiger charge is 2.35. The SMILES string of the molecule is Cc1cc(C)n(-c2cc(OCc3nnc(C)o3)cc(NC3CCC(F)(F)CC3)n2)n1. The van der Waals surface area contributed by atoms with Gasteiger partial charge in [-0.15, -0.1) is 10.2 Å². The first-order valence-corrected chi connectivity index (χ1v) is 9.89. The fourth-order valence-corrected chi connectivity index (χ4v) is 3.55. The minimum atomic E-state index is -2.58. The maximum atomic E-state index is 13.5. The van der Waals surface area contributed by atoms with E-state index in [1.54, 1.807) is 23.7 Å². The van der Waals surface area contributed by atoms with Crippen LogP contribution in [-0.4, -0.2) is 36.9 Å². The number of alkyl halides is 2. The summed E-state index contributed by atoms with van der Waals surface area (Å²) in [5.74, 6) is -0.0974. The van der Waals surface area contributed by atoms with Crippen molar-refractivity contribution < 1.29 is 17.9 Å². The summed E-state index contributed by atoms with van der Waals surface area (Å²) >= 11 is 0. The van der Waals surface area contributed by atoms with Gasteiger partial charge in [0.05, 0.1) is 5.69 Å². The molecule has 0 bridgehead atoms.